The van der Waals surface area contributed by atoms with Crippen molar-refractivity contribution >= 4 is 5.82 Å². The lowest BCUT2D eigenvalue weighted by Crippen LogP contribution is -2.10. The van der Waals surface area contributed by atoms with Crippen LogP contribution in [-0.4, -0.2) is 28.9 Å². The van der Waals surface area contributed by atoms with Crippen LogP contribution in [0, 0.1) is 0 Å². The fourth-order valence-electron chi connectivity index (χ4n) is 2.43. The van der Waals surface area contributed by atoms with E-state index in [0.717, 1.165) is 23.5 Å². The first-order chi connectivity index (χ1) is 9.56. The first kappa shape index (κ1) is 13.0. The van der Waals surface area contributed by atoms with Crippen molar-refractivity contribution in [3.8, 4) is 0 Å². The van der Waals surface area contributed by atoms with E-state index in [4.69, 9.17) is 0 Å². The maximum Gasteiger partial charge on any atom is 0.333 e. The highest BCUT2D eigenvalue weighted by molar-refractivity contribution is 5.40. The summed E-state index contributed by atoms with van der Waals surface area (Å²) in [4.78, 5) is 6.32. The second-order valence-electron chi connectivity index (χ2n) is 5.29. The smallest absolute Gasteiger partial charge is 0.333 e. The molecule has 2 atom stereocenters. The van der Waals surface area contributed by atoms with Crippen molar-refractivity contribution in [1.82, 2.24) is 14.8 Å². The molecule has 0 aromatic carbocycles. The Morgan fingerprint density at radius 1 is 1.25 bits per heavy atom. The first-order valence-corrected chi connectivity index (χ1v) is 6.52. The molecule has 20 heavy (non-hydrogen) atoms. The molecular formula is C14H16F2N4. The summed E-state index contributed by atoms with van der Waals surface area (Å²) in [5, 5.41) is 3.93. The van der Waals surface area contributed by atoms with Crippen molar-refractivity contribution in [3.63, 3.8) is 0 Å². The molecule has 4 nitrogen and oxygen atoms in total. The maximum atomic E-state index is 12.5. The van der Waals surface area contributed by atoms with Gasteiger partial charge in [-0.1, -0.05) is 6.07 Å². The Morgan fingerprint density at radius 2 is 2.05 bits per heavy atom. The van der Waals surface area contributed by atoms with Gasteiger partial charge >= 0.3 is 6.55 Å². The predicted molar refractivity (Wildman–Crippen MR) is 72.1 cm³/mol. The number of halogens is 2. The van der Waals surface area contributed by atoms with Crippen LogP contribution in [0.2, 0.25) is 0 Å². The van der Waals surface area contributed by atoms with Gasteiger partial charge in [-0.05, 0) is 30.0 Å². The van der Waals surface area contributed by atoms with Crippen LogP contribution < -0.4 is 4.90 Å². The van der Waals surface area contributed by atoms with Gasteiger partial charge in [0.25, 0.3) is 0 Å². The molecule has 0 radical (unpaired) electrons. The van der Waals surface area contributed by atoms with Crippen molar-refractivity contribution in [1.29, 1.82) is 0 Å². The molecule has 2 aromatic rings. The zero-order chi connectivity index (χ0) is 14.3. The van der Waals surface area contributed by atoms with E-state index in [9.17, 15) is 8.78 Å². The molecule has 0 N–H and O–H groups in total. The summed E-state index contributed by atoms with van der Waals surface area (Å²) in [6.07, 6.45) is 4.15. The average molecular weight is 278 g/mol. The van der Waals surface area contributed by atoms with Gasteiger partial charge in [0, 0.05) is 32.4 Å². The van der Waals surface area contributed by atoms with Gasteiger partial charge in [-0.15, -0.1) is 0 Å². The normalized spacial score (nSPS) is 21.2. The highest BCUT2D eigenvalue weighted by Crippen LogP contribution is 2.54. The monoisotopic (exact) mass is 278 g/mol. The first-order valence-electron chi connectivity index (χ1n) is 6.52. The van der Waals surface area contributed by atoms with Crippen molar-refractivity contribution in [2.75, 3.05) is 19.0 Å². The van der Waals surface area contributed by atoms with Crippen LogP contribution in [0.1, 0.15) is 36.1 Å². The Hall–Kier alpha value is -1.98. The Bertz CT molecular complexity index is 591. The van der Waals surface area contributed by atoms with Gasteiger partial charge in [0.1, 0.15) is 5.82 Å². The SMILES string of the molecule is CN(C)c1ccc([C@@H]2C[C@H]2c2ccn(C(F)F)n2)cn1. The quantitative estimate of drug-likeness (QED) is 0.862. The van der Waals surface area contributed by atoms with Gasteiger partial charge in [0.05, 0.1) is 5.69 Å². The minimum atomic E-state index is -2.57. The van der Waals surface area contributed by atoms with Gasteiger partial charge in [-0.2, -0.15) is 13.9 Å². The Kier molecular flexibility index (Phi) is 3.16. The van der Waals surface area contributed by atoms with E-state index in [0.29, 0.717) is 10.6 Å². The molecule has 0 aliphatic heterocycles. The number of anilines is 1. The number of hydrogen-bond acceptors (Lipinski definition) is 3. The van der Waals surface area contributed by atoms with Crippen molar-refractivity contribution in [2.24, 2.45) is 0 Å². The fraction of sp³-hybridized carbons (Fsp3) is 0.429. The predicted octanol–water partition coefficient (Wildman–Crippen LogP) is 3.01. The lowest BCUT2D eigenvalue weighted by molar-refractivity contribution is 0.0562. The molecule has 1 aliphatic carbocycles. The summed E-state index contributed by atoms with van der Waals surface area (Å²) < 4.78 is 25.7. The van der Waals surface area contributed by atoms with Crippen LogP contribution in [0.5, 0.6) is 0 Å². The summed E-state index contributed by atoms with van der Waals surface area (Å²) >= 11 is 0. The topological polar surface area (TPSA) is 34.0 Å². The Balaban J connectivity index is 1.71. The molecule has 2 aromatic heterocycles. The Morgan fingerprint density at radius 3 is 2.60 bits per heavy atom. The number of alkyl halides is 2. The molecule has 0 bridgehead atoms. The van der Waals surface area contributed by atoms with Crippen molar-refractivity contribution in [3.05, 3.63) is 41.9 Å². The number of nitrogens with zero attached hydrogens (tertiary/aromatic N) is 4. The molecule has 3 rings (SSSR count). The molecule has 1 aliphatic rings. The lowest BCUT2D eigenvalue weighted by atomic mass is 10.1. The molecule has 6 heteroatoms. The van der Waals surface area contributed by atoms with Crippen LogP contribution >= 0.6 is 0 Å². The van der Waals surface area contributed by atoms with E-state index in [1.807, 2.05) is 31.3 Å². The second-order valence-corrected chi connectivity index (χ2v) is 5.29. The minimum absolute atomic E-state index is 0.238. The molecular weight excluding hydrogens is 262 g/mol. The summed E-state index contributed by atoms with van der Waals surface area (Å²) in [5.74, 6) is 1.50. The van der Waals surface area contributed by atoms with Crippen molar-refractivity contribution in [2.45, 2.75) is 24.8 Å². The summed E-state index contributed by atoms with van der Waals surface area (Å²) in [5.41, 5.74) is 1.89. The molecule has 0 unspecified atom stereocenters. The van der Waals surface area contributed by atoms with Crippen LogP contribution in [0.15, 0.2) is 30.6 Å². The number of aromatic nitrogens is 3. The third-order valence-corrected chi connectivity index (χ3v) is 3.66. The molecule has 0 amide bonds. The molecule has 1 saturated carbocycles. The number of hydrogen-bond donors (Lipinski definition) is 0. The van der Waals surface area contributed by atoms with Crippen molar-refractivity contribution < 1.29 is 8.78 Å². The lowest BCUT2D eigenvalue weighted by Gasteiger charge is -2.11. The summed E-state index contributed by atoms with van der Waals surface area (Å²) in [6, 6.07) is 5.71. The van der Waals surface area contributed by atoms with E-state index in [-0.39, 0.29) is 5.92 Å². The minimum Gasteiger partial charge on any atom is -0.363 e. The molecule has 0 spiro atoms. The van der Waals surface area contributed by atoms with E-state index in [1.165, 1.54) is 6.20 Å². The highest BCUT2D eigenvalue weighted by atomic mass is 19.3. The van der Waals surface area contributed by atoms with Crippen LogP contribution in [0.25, 0.3) is 0 Å². The van der Waals surface area contributed by atoms with E-state index in [1.54, 1.807) is 6.07 Å². The van der Waals surface area contributed by atoms with E-state index < -0.39 is 6.55 Å². The fourth-order valence-corrected chi connectivity index (χ4v) is 2.43. The Labute approximate surface area is 116 Å². The van der Waals surface area contributed by atoms with Gasteiger partial charge < -0.3 is 4.90 Å². The standard InChI is InChI=1S/C14H16F2N4/c1-19(2)13-4-3-9(8-17-13)10-7-11(10)12-5-6-20(18-12)14(15)16/h3-6,8,10-11,14H,7H2,1-2H3/t10-,11+/m0/s1. The molecule has 0 saturated heterocycles. The summed E-state index contributed by atoms with van der Waals surface area (Å²) in [7, 11) is 3.89. The van der Waals surface area contributed by atoms with Crippen LogP contribution in [-0.2, 0) is 0 Å². The van der Waals surface area contributed by atoms with Crippen LogP contribution in [0.4, 0.5) is 14.6 Å². The number of pyridine rings is 1. The van der Waals surface area contributed by atoms with E-state index in [2.05, 4.69) is 16.1 Å². The molecule has 106 valence electrons. The highest BCUT2D eigenvalue weighted by Gasteiger charge is 2.41. The molecule has 1 fully saturated rings. The van der Waals surface area contributed by atoms with E-state index >= 15 is 0 Å². The second kappa shape index (κ2) is 4.85. The largest absolute Gasteiger partial charge is 0.363 e. The average Bonchev–Trinajstić information content (AvgIpc) is 3.07. The maximum absolute atomic E-state index is 12.5. The van der Waals surface area contributed by atoms with Gasteiger partial charge in [-0.3, -0.25) is 0 Å². The van der Waals surface area contributed by atoms with Gasteiger partial charge in [-0.25, -0.2) is 9.67 Å². The summed E-state index contributed by atoms with van der Waals surface area (Å²) in [6.45, 7) is -2.57. The number of rotatable bonds is 4. The zero-order valence-electron chi connectivity index (χ0n) is 11.4. The molecule has 2 heterocycles. The van der Waals surface area contributed by atoms with Gasteiger partial charge in [0.2, 0.25) is 0 Å². The van der Waals surface area contributed by atoms with Gasteiger partial charge in [0.15, 0.2) is 0 Å². The third kappa shape index (κ3) is 2.37. The van der Waals surface area contributed by atoms with Crippen LogP contribution in [0.3, 0.4) is 0 Å². The third-order valence-electron chi connectivity index (χ3n) is 3.66. The zero-order valence-corrected chi connectivity index (χ0v) is 11.4.